The highest BCUT2D eigenvalue weighted by atomic mass is 35.5. The molecule has 1 atom stereocenters. The van der Waals surface area contributed by atoms with E-state index in [9.17, 15) is 9.59 Å². The summed E-state index contributed by atoms with van der Waals surface area (Å²) in [5.41, 5.74) is 5.43. The number of piperazine rings is 1. The Bertz CT molecular complexity index is 1090. The number of esters is 1. The SMILES string of the molecule is COC(=O)C1=C(CN2CCN(c3cccc(C)c3C)CC2)NC(=O)NC1c1ccccc1Cl. The largest absolute Gasteiger partial charge is 0.466 e. The third-order valence-electron chi connectivity index (χ3n) is 6.45. The molecule has 0 spiro atoms. The van der Waals surface area contributed by atoms with Gasteiger partial charge in [0.1, 0.15) is 0 Å². The monoisotopic (exact) mass is 468 g/mol. The molecule has 8 heteroatoms. The van der Waals surface area contributed by atoms with Gasteiger partial charge in [-0.1, -0.05) is 41.9 Å². The van der Waals surface area contributed by atoms with Crippen LogP contribution in [0.3, 0.4) is 0 Å². The average Bonchev–Trinajstić information content (AvgIpc) is 2.81. The summed E-state index contributed by atoms with van der Waals surface area (Å²) in [6, 6.07) is 12.5. The molecule has 0 bridgehead atoms. The molecular formula is C25H29ClN4O3. The Labute approximate surface area is 199 Å². The molecule has 2 aromatic carbocycles. The molecule has 2 aliphatic rings. The Balaban J connectivity index is 1.56. The molecule has 33 heavy (non-hydrogen) atoms. The van der Waals surface area contributed by atoms with E-state index >= 15 is 0 Å². The van der Waals surface area contributed by atoms with Crippen LogP contribution in [0.5, 0.6) is 0 Å². The molecule has 0 aliphatic carbocycles. The fourth-order valence-corrected chi connectivity index (χ4v) is 4.73. The smallest absolute Gasteiger partial charge is 0.338 e. The highest BCUT2D eigenvalue weighted by molar-refractivity contribution is 6.31. The summed E-state index contributed by atoms with van der Waals surface area (Å²) < 4.78 is 5.08. The number of benzene rings is 2. The third-order valence-corrected chi connectivity index (χ3v) is 6.79. The minimum atomic E-state index is -0.675. The van der Waals surface area contributed by atoms with Gasteiger partial charge in [0.2, 0.25) is 0 Å². The Hall–Kier alpha value is -3.03. The number of methoxy groups -OCH3 is 1. The second kappa shape index (κ2) is 9.85. The summed E-state index contributed by atoms with van der Waals surface area (Å²) in [6.07, 6.45) is 0. The van der Waals surface area contributed by atoms with Crippen LogP contribution in [0, 0.1) is 13.8 Å². The molecule has 174 valence electrons. The van der Waals surface area contributed by atoms with E-state index in [1.54, 1.807) is 6.07 Å². The Morgan fingerprint density at radius 1 is 1.09 bits per heavy atom. The maximum atomic E-state index is 12.8. The summed E-state index contributed by atoms with van der Waals surface area (Å²) in [7, 11) is 1.34. The first-order chi connectivity index (χ1) is 15.9. The van der Waals surface area contributed by atoms with Crippen LogP contribution in [0.2, 0.25) is 5.02 Å². The summed E-state index contributed by atoms with van der Waals surface area (Å²) in [5.74, 6) is -0.489. The van der Waals surface area contributed by atoms with Gasteiger partial charge in [-0.3, -0.25) is 4.90 Å². The van der Waals surface area contributed by atoms with Crippen LogP contribution in [0.15, 0.2) is 53.7 Å². The van der Waals surface area contributed by atoms with Gasteiger partial charge in [0.25, 0.3) is 0 Å². The van der Waals surface area contributed by atoms with Crippen LogP contribution >= 0.6 is 11.6 Å². The lowest BCUT2D eigenvalue weighted by atomic mass is 9.95. The molecule has 4 rings (SSSR count). The maximum Gasteiger partial charge on any atom is 0.338 e. The molecule has 7 nitrogen and oxygen atoms in total. The van der Waals surface area contributed by atoms with Gasteiger partial charge >= 0.3 is 12.0 Å². The van der Waals surface area contributed by atoms with Gasteiger partial charge in [-0.15, -0.1) is 0 Å². The topological polar surface area (TPSA) is 73.9 Å². The van der Waals surface area contributed by atoms with Crippen LogP contribution in [0.4, 0.5) is 10.5 Å². The van der Waals surface area contributed by atoms with Crippen molar-refractivity contribution in [2.45, 2.75) is 19.9 Å². The van der Waals surface area contributed by atoms with Crippen molar-refractivity contribution >= 4 is 29.3 Å². The van der Waals surface area contributed by atoms with E-state index in [0.717, 1.165) is 26.2 Å². The van der Waals surface area contributed by atoms with Crippen LogP contribution < -0.4 is 15.5 Å². The van der Waals surface area contributed by atoms with E-state index in [0.29, 0.717) is 28.4 Å². The van der Waals surface area contributed by atoms with Crippen LogP contribution in [-0.4, -0.2) is 56.7 Å². The molecule has 0 radical (unpaired) electrons. The second-order valence-electron chi connectivity index (χ2n) is 8.42. The molecule has 1 saturated heterocycles. The zero-order valence-corrected chi connectivity index (χ0v) is 19.9. The van der Waals surface area contributed by atoms with Gasteiger partial charge in [-0.05, 0) is 42.7 Å². The highest BCUT2D eigenvalue weighted by Crippen LogP contribution is 2.32. The number of amides is 2. The molecule has 2 amide bonds. The van der Waals surface area contributed by atoms with E-state index in [-0.39, 0.29) is 6.03 Å². The van der Waals surface area contributed by atoms with Crippen molar-refractivity contribution in [1.29, 1.82) is 0 Å². The van der Waals surface area contributed by atoms with Gasteiger partial charge in [-0.2, -0.15) is 0 Å². The zero-order chi connectivity index (χ0) is 23.5. The van der Waals surface area contributed by atoms with Gasteiger partial charge in [0.05, 0.1) is 18.7 Å². The minimum Gasteiger partial charge on any atom is -0.466 e. The second-order valence-corrected chi connectivity index (χ2v) is 8.83. The maximum absolute atomic E-state index is 12.8. The van der Waals surface area contributed by atoms with E-state index < -0.39 is 12.0 Å². The number of ether oxygens (including phenoxy) is 1. The molecule has 2 heterocycles. The predicted octanol–water partition coefficient (Wildman–Crippen LogP) is 3.56. The van der Waals surface area contributed by atoms with Crippen LogP contribution in [0.1, 0.15) is 22.7 Å². The predicted molar refractivity (Wildman–Crippen MR) is 129 cm³/mol. The fraction of sp³-hybridized carbons (Fsp3) is 0.360. The minimum absolute atomic E-state index is 0.364. The lowest BCUT2D eigenvalue weighted by Gasteiger charge is -2.38. The molecule has 1 fully saturated rings. The quantitative estimate of drug-likeness (QED) is 0.656. The molecule has 0 saturated carbocycles. The number of nitrogens with one attached hydrogen (secondary N) is 2. The standard InChI is InChI=1S/C25H29ClN4O3/c1-16-7-6-10-21(17(16)2)30-13-11-29(12-14-30)15-20-22(24(31)33-3)23(28-25(32)27-20)18-8-4-5-9-19(18)26/h4-10,23H,11-15H2,1-3H3,(H2,27,28,32). The Morgan fingerprint density at radius 3 is 2.52 bits per heavy atom. The van der Waals surface area contributed by atoms with E-state index in [4.69, 9.17) is 16.3 Å². The molecule has 2 aliphatic heterocycles. The van der Waals surface area contributed by atoms with Crippen molar-refractivity contribution in [3.8, 4) is 0 Å². The van der Waals surface area contributed by atoms with Gasteiger partial charge < -0.3 is 20.3 Å². The number of hydrogen-bond acceptors (Lipinski definition) is 5. The summed E-state index contributed by atoms with van der Waals surface area (Å²) in [6.45, 7) is 8.09. The number of rotatable bonds is 5. The van der Waals surface area contributed by atoms with Gasteiger partial charge in [0.15, 0.2) is 0 Å². The lowest BCUT2D eigenvalue weighted by Crippen LogP contribution is -2.52. The number of urea groups is 1. The van der Waals surface area contributed by atoms with Crippen molar-refractivity contribution in [2.24, 2.45) is 0 Å². The number of nitrogens with zero attached hydrogens (tertiary/aromatic N) is 2. The molecule has 2 N–H and O–H groups in total. The first-order valence-electron chi connectivity index (χ1n) is 11.1. The van der Waals surface area contributed by atoms with Crippen molar-refractivity contribution in [2.75, 3.05) is 44.7 Å². The van der Waals surface area contributed by atoms with Crippen molar-refractivity contribution in [3.63, 3.8) is 0 Å². The first-order valence-corrected chi connectivity index (χ1v) is 11.4. The molecule has 2 aromatic rings. The first kappa shape index (κ1) is 23.1. The van der Waals surface area contributed by atoms with Gasteiger partial charge in [0, 0.05) is 49.1 Å². The van der Waals surface area contributed by atoms with E-state index in [1.165, 1.54) is 23.9 Å². The number of carbonyl (C=O) groups is 2. The number of halogens is 1. The van der Waals surface area contributed by atoms with E-state index in [2.05, 4.69) is 52.5 Å². The summed E-state index contributed by atoms with van der Waals surface area (Å²) in [5, 5.41) is 6.14. The Kier molecular flexibility index (Phi) is 6.91. The van der Waals surface area contributed by atoms with Crippen LogP contribution in [0.25, 0.3) is 0 Å². The molecule has 1 unspecified atom stereocenters. The highest BCUT2D eigenvalue weighted by Gasteiger charge is 2.35. The summed E-state index contributed by atoms with van der Waals surface area (Å²) in [4.78, 5) is 29.9. The number of hydrogen-bond donors (Lipinski definition) is 2. The summed E-state index contributed by atoms with van der Waals surface area (Å²) >= 11 is 6.39. The number of anilines is 1. The normalized spacial score (nSPS) is 19.2. The number of carbonyl (C=O) groups excluding carboxylic acids is 2. The third kappa shape index (κ3) is 4.84. The lowest BCUT2D eigenvalue weighted by molar-refractivity contribution is -0.136. The average molecular weight is 469 g/mol. The molecular weight excluding hydrogens is 440 g/mol. The van der Waals surface area contributed by atoms with Crippen LogP contribution in [-0.2, 0) is 9.53 Å². The Morgan fingerprint density at radius 2 is 1.82 bits per heavy atom. The fourth-order valence-electron chi connectivity index (χ4n) is 4.48. The van der Waals surface area contributed by atoms with Crippen molar-refractivity contribution in [3.05, 3.63) is 75.4 Å². The zero-order valence-electron chi connectivity index (χ0n) is 19.2. The molecule has 0 aromatic heterocycles. The van der Waals surface area contributed by atoms with E-state index in [1.807, 2.05) is 18.2 Å². The van der Waals surface area contributed by atoms with Crippen molar-refractivity contribution < 1.29 is 14.3 Å². The van der Waals surface area contributed by atoms with Crippen molar-refractivity contribution in [1.82, 2.24) is 15.5 Å². The number of aryl methyl sites for hydroxylation is 1. The van der Waals surface area contributed by atoms with Gasteiger partial charge in [-0.25, -0.2) is 9.59 Å².